The maximum absolute atomic E-state index is 14.0. The van der Waals surface area contributed by atoms with Crippen LogP contribution in [-0.4, -0.2) is 58.1 Å². The lowest BCUT2D eigenvalue weighted by Crippen LogP contribution is -2.41. The van der Waals surface area contributed by atoms with E-state index in [0.29, 0.717) is 29.9 Å². The number of carboxylic acids is 2. The number of rotatable bonds is 11. The van der Waals surface area contributed by atoms with E-state index in [1.165, 1.54) is 4.90 Å². The van der Waals surface area contributed by atoms with Crippen LogP contribution < -0.4 is 10.6 Å². The van der Waals surface area contributed by atoms with E-state index in [4.69, 9.17) is 15.6 Å². The Morgan fingerprint density at radius 1 is 0.864 bits per heavy atom. The zero-order valence-corrected chi connectivity index (χ0v) is 23.9. The number of carbonyl (C=O) groups excluding carboxylic acids is 2. The Kier molecular flexibility index (Phi) is 12.0. The molecule has 1 aliphatic heterocycles. The molecule has 1 atom stereocenters. The summed E-state index contributed by atoms with van der Waals surface area (Å²) < 4.78 is 31.7. The summed E-state index contributed by atoms with van der Waals surface area (Å²) in [5.74, 6) is -4.38. The van der Waals surface area contributed by atoms with Gasteiger partial charge in [0.05, 0.1) is 30.3 Å². The minimum Gasteiger partial charge on any atom is -0.481 e. The molecule has 9 nitrogen and oxygen atoms in total. The highest BCUT2D eigenvalue weighted by atomic mass is 19.4. The lowest BCUT2D eigenvalue weighted by atomic mass is 9.99. The predicted octanol–water partition coefficient (Wildman–Crippen LogP) is 5.20. The molecule has 1 unspecified atom stereocenters. The van der Waals surface area contributed by atoms with E-state index >= 15 is 0 Å². The number of halogens is 3. The van der Waals surface area contributed by atoms with E-state index < -0.39 is 24.2 Å². The van der Waals surface area contributed by atoms with Crippen LogP contribution in [0.3, 0.4) is 0 Å². The van der Waals surface area contributed by atoms with Crippen LogP contribution in [0, 0.1) is 0 Å². The van der Waals surface area contributed by atoms with Crippen molar-refractivity contribution in [1.82, 2.24) is 4.90 Å². The Morgan fingerprint density at radius 3 is 2.05 bits per heavy atom. The fourth-order valence-electron chi connectivity index (χ4n) is 4.83. The molecule has 0 radical (unpaired) electrons. The molecule has 0 saturated carbocycles. The summed E-state index contributed by atoms with van der Waals surface area (Å²) in [4.78, 5) is 51.5. The Hall–Kier alpha value is -4.71. The molecule has 3 aromatic carbocycles. The number of nitrogens with two attached hydrogens (primary N) is 1. The van der Waals surface area contributed by atoms with Crippen LogP contribution >= 0.6 is 0 Å². The van der Waals surface area contributed by atoms with Gasteiger partial charge in [0.1, 0.15) is 6.54 Å². The van der Waals surface area contributed by atoms with Crippen LogP contribution in [0.25, 0.3) is 0 Å². The van der Waals surface area contributed by atoms with E-state index in [9.17, 15) is 32.7 Å². The fourth-order valence-corrected chi connectivity index (χ4v) is 4.83. The third-order valence-corrected chi connectivity index (χ3v) is 6.97. The van der Waals surface area contributed by atoms with E-state index in [-0.39, 0.29) is 24.8 Å². The van der Waals surface area contributed by atoms with Crippen molar-refractivity contribution < 1.29 is 42.6 Å². The van der Waals surface area contributed by atoms with E-state index in [1.54, 1.807) is 17.0 Å². The predicted molar refractivity (Wildman–Crippen MR) is 157 cm³/mol. The minimum atomic E-state index is -5.08. The first kappa shape index (κ1) is 33.8. The average molecular weight is 614 g/mol. The van der Waals surface area contributed by atoms with Crippen molar-refractivity contribution in [1.29, 1.82) is 0 Å². The number of aliphatic carboxylic acids is 2. The third-order valence-electron chi connectivity index (χ3n) is 6.97. The summed E-state index contributed by atoms with van der Waals surface area (Å²) >= 11 is 0. The van der Waals surface area contributed by atoms with Crippen LogP contribution in [0.5, 0.6) is 0 Å². The number of nitrogens with zero attached hydrogens (tertiary/aromatic N) is 2. The standard InChI is InChI=1S/C30H33N3O4.C2HF3O2/c31-17-9-3-6-10-22-15-16-26-25(18-22)30(37)33(27(19-29(35)36)24-13-7-2-8-14-24)21-28(34)32(26)20-23-11-4-1-5-12-23;3-2(4,5)1(6)7/h1-2,4-5,7-8,11-16,18,27H,3,6,9-10,17,19-21,31H2,(H,35,36);(H,6,7). The van der Waals surface area contributed by atoms with Gasteiger partial charge in [0.15, 0.2) is 0 Å². The van der Waals surface area contributed by atoms with E-state index in [0.717, 1.165) is 36.8 Å². The maximum Gasteiger partial charge on any atom is 0.490 e. The highest BCUT2D eigenvalue weighted by Gasteiger charge is 2.38. The zero-order chi connectivity index (χ0) is 32.3. The number of fused-ring (bicyclic) bond motifs is 1. The van der Waals surface area contributed by atoms with Crippen LogP contribution in [0.15, 0.2) is 78.9 Å². The second-order valence-corrected chi connectivity index (χ2v) is 10.2. The Bertz CT molecular complexity index is 1430. The highest BCUT2D eigenvalue weighted by Crippen LogP contribution is 2.34. The van der Waals surface area contributed by atoms with Crippen molar-refractivity contribution in [3.8, 4) is 0 Å². The lowest BCUT2D eigenvalue weighted by Gasteiger charge is -2.30. The number of unbranched alkanes of at least 4 members (excludes halogenated alkanes) is 2. The first-order chi connectivity index (χ1) is 20.9. The molecule has 2 amide bonds. The monoisotopic (exact) mass is 613 g/mol. The molecule has 4 rings (SSSR count). The molecule has 1 aliphatic rings. The number of aryl methyl sites for hydroxylation is 1. The number of hydrogen-bond donors (Lipinski definition) is 3. The van der Waals surface area contributed by atoms with E-state index in [1.807, 2.05) is 66.7 Å². The normalized spacial score (nSPS) is 13.8. The van der Waals surface area contributed by atoms with Gasteiger partial charge in [0, 0.05) is 0 Å². The lowest BCUT2D eigenvalue weighted by molar-refractivity contribution is -0.192. The van der Waals surface area contributed by atoms with Crippen molar-refractivity contribution in [3.05, 3.63) is 101 Å². The SMILES string of the molecule is NCCCCCc1ccc2c(c1)C(=O)N(C(CC(=O)O)c1ccccc1)CC(=O)N2Cc1ccccc1.O=C(O)C(F)(F)F. The van der Waals surface area contributed by atoms with Gasteiger partial charge < -0.3 is 25.7 Å². The smallest absolute Gasteiger partial charge is 0.481 e. The van der Waals surface area contributed by atoms with Crippen molar-refractivity contribution in [3.63, 3.8) is 0 Å². The first-order valence-corrected chi connectivity index (χ1v) is 14.0. The number of alkyl halides is 3. The molecule has 0 aliphatic carbocycles. The van der Waals surface area contributed by atoms with Gasteiger partial charge in [-0.25, -0.2) is 4.79 Å². The van der Waals surface area contributed by atoms with Crippen LogP contribution in [0.2, 0.25) is 0 Å². The first-order valence-electron chi connectivity index (χ1n) is 14.0. The Labute approximate surface area is 252 Å². The van der Waals surface area contributed by atoms with Crippen LogP contribution in [-0.2, 0) is 27.3 Å². The molecule has 0 fully saturated rings. The van der Waals surface area contributed by atoms with Crippen molar-refractivity contribution >= 4 is 29.4 Å². The van der Waals surface area contributed by atoms with Gasteiger partial charge in [-0.2, -0.15) is 13.2 Å². The summed E-state index contributed by atoms with van der Waals surface area (Å²) in [6.07, 6.45) is -1.68. The maximum atomic E-state index is 14.0. The molecule has 3 aromatic rings. The number of carboxylic acid groups (broad SMARTS) is 2. The van der Waals surface area contributed by atoms with Gasteiger partial charge in [-0.3, -0.25) is 14.4 Å². The largest absolute Gasteiger partial charge is 0.490 e. The summed E-state index contributed by atoms with van der Waals surface area (Å²) in [6.45, 7) is 0.760. The Morgan fingerprint density at radius 2 is 1.48 bits per heavy atom. The number of benzene rings is 3. The molecule has 0 aromatic heterocycles. The molecular formula is C32H34F3N3O6. The summed E-state index contributed by atoms with van der Waals surface area (Å²) in [5.41, 5.74) is 9.23. The third kappa shape index (κ3) is 9.40. The average Bonchev–Trinajstić information content (AvgIpc) is 3.09. The van der Waals surface area contributed by atoms with Crippen molar-refractivity contribution in [2.45, 2.75) is 50.9 Å². The molecule has 0 bridgehead atoms. The molecule has 0 spiro atoms. The number of hydrogen-bond acceptors (Lipinski definition) is 5. The number of amides is 2. The van der Waals surface area contributed by atoms with Gasteiger partial charge in [0.25, 0.3) is 5.91 Å². The quantitative estimate of drug-likeness (QED) is 0.253. The van der Waals surface area contributed by atoms with Gasteiger partial charge in [0.2, 0.25) is 5.91 Å². The van der Waals surface area contributed by atoms with Gasteiger partial charge in [-0.1, -0.05) is 73.2 Å². The topological polar surface area (TPSA) is 141 Å². The van der Waals surface area contributed by atoms with Gasteiger partial charge >= 0.3 is 18.1 Å². The summed E-state index contributed by atoms with van der Waals surface area (Å²) in [5, 5.41) is 16.8. The molecular weight excluding hydrogens is 579 g/mol. The van der Waals surface area contributed by atoms with Crippen LogP contribution in [0.4, 0.5) is 18.9 Å². The second-order valence-electron chi connectivity index (χ2n) is 10.2. The highest BCUT2D eigenvalue weighted by molar-refractivity contribution is 6.10. The van der Waals surface area contributed by atoms with Crippen LogP contribution in [0.1, 0.15) is 58.8 Å². The molecule has 44 heavy (non-hydrogen) atoms. The number of carbonyl (C=O) groups is 4. The summed E-state index contributed by atoms with van der Waals surface area (Å²) in [6, 6.07) is 23.6. The molecule has 0 saturated heterocycles. The molecule has 12 heteroatoms. The summed E-state index contributed by atoms with van der Waals surface area (Å²) in [7, 11) is 0. The molecule has 1 heterocycles. The number of anilines is 1. The van der Waals surface area contributed by atoms with Gasteiger partial charge in [-0.05, 0) is 54.6 Å². The Balaban J connectivity index is 0.000000676. The van der Waals surface area contributed by atoms with E-state index in [2.05, 4.69) is 0 Å². The molecule has 234 valence electrons. The van der Waals surface area contributed by atoms with Crippen molar-refractivity contribution in [2.75, 3.05) is 18.0 Å². The molecule has 4 N–H and O–H groups in total. The minimum absolute atomic E-state index is 0.209. The van der Waals surface area contributed by atoms with Gasteiger partial charge in [-0.15, -0.1) is 0 Å². The fraction of sp³-hybridized carbons (Fsp3) is 0.312. The second kappa shape index (κ2) is 15.7. The van der Waals surface area contributed by atoms with Crippen molar-refractivity contribution in [2.24, 2.45) is 5.73 Å². The zero-order valence-electron chi connectivity index (χ0n) is 23.9.